The van der Waals surface area contributed by atoms with Crippen molar-refractivity contribution in [1.82, 2.24) is 0 Å². The van der Waals surface area contributed by atoms with E-state index in [1.54, 1.807) is 13.8 Å². The second kappa shape index (κ2) is 2.95. The number of nitrogens with two attached hydrogens (primary N) is 1. The first kappa shape index (κ1) is 9.46. The van der Waals surface area contributed by atoms with Gasteiger partial charge in [0, 0.05) is 23.6 Å². The highest BCUT2D eigenvalue weighted by Gasteiger charge is 2.23. The van der Waals surface area contributed by atoms with Crippen molar-refractivity contribution in [3.8, 4) is 5.75 Å². The van der Waals surface area contributed by atoms with Gasteiger partial charge in [-0.25, -0.2) is 4.39 Å². The summed E-state index contributed by atoms with van der Waals surface area (Å²) in [4.78, 5) is 0. The molecular formula is C11H14FNO. The molecule has 1 aromatic carbocycles. The summed E-state index contributed by atoms with van der Waals surface area (Å²) in [5.74, 6) is 0.383. The fraction of sp³-hybridized carbons (Fsp3) is 0.455. The van der Waals surface area contributed by atoms with E-state index in [9.17, 15) is 4.39 Å². The fourth-order valence-electron chi connectivity index (χ4n) is 1.69. The highest BCUT2D eigenvalue weighted by molar-refractivity contribution is 5.42. The maximum absolute atomic E-state index is 13.6. The topological polar surface area (TPSA) is 35.2 Å². The normalized spacial score (nSPS) is 15.1. The van der Waals surface area contributed by atoms with E-state index in [0.717, 1.165) is 12.0 Å². The van der Waals surface area contributed by atoms with E-state index >= 15 is 0 Å². The first-order chi connectivity index (χ1) is 6.48. The lowest BCUT2D eigenvalue weighted by atomic mass is 9.93. The second-order valence-electron chi connectivity index (χ2n) is 4.26. The predicted octanol–water partition coefficient (Wildman–Crippen LogP) is 1.95. The summed E-state index contributed by atoms with van der Waals surface area (Å²) in [6, 6.07) is 3.25. The Morgan fingerprint density at radius 2 is 2.14 bits per heavy atom. The third kappa shape index (κ3) is 1.48. The zero-order valence-electron chi connectivity index (χ0n) is 8.43. The van der Waals surface area contributed by atoms with Gasteiger partial charge >= 0.3 is 0 Å². The summed E-state index contributed by atoms with van der Waals surface area (Å²) in [7, 11) is 0. The van der Waals surface area contributed by atoms with Crippen molar-refractivity contribution in [3.63, 3.8) is 0 Å². The van der Waals surface area contributed by atoms with Gasteiger partial charge in [0.25, 0.3) is 0 Å². The van der Waals surface area contributed by atoms with Crippen LogP contribution in [0.1, 0.15) is 25.0 Å². The number of hydrogen-bond acceptors (Lipinski definition) is 2. The molecule has 0 amide bonds. The molecule has 2 nitrogen and oxygen atoms in total. The summed E-state index contributed by atoms with van der Waals surface area (Å²) in [5.41, 5.74) is 6.85. The van der Waals surface area contributed by atoms with Gasteiger partial charge in [-0.2, -0.15) is 0 Å². The monoisotopic (exact) mass is 195 g/mol. The van der Waals surface area contributed by atoms with Crippen LogP contribution in [0.4, 0.5) is 4.39 Å². The number of fused-ring (bicyclic) bond motifs is 1. The Labute approximate surface area is 82.9 Å². The fourth-order valence-corrected chi connectivity index (χ4v) is 1.69. The largest absolute Gasteiger partial charge is 0.493 e. The van der Waals surface area contributed by atoms with Gasteiger partial charge in [-0.3, -0.25) is 0 Å². The maximum atomic E-state index is 13.6. The van der Waals surface area contributed by atoms with E-state index in [1.165, 1.54) is 6.07 Å². The van der Waals surface area contributed by atoms with E-state index in [4.69, 9.17) is 10.5 Å². The van der Waals surface area contributed by atoms with Crippen LogP contribution >= 0.6 is 0 Å². The van der Waals surface area contributed by atoms with Gasteiger partial charge < -0.3 is 10.5 Å². The van der Waals surface area contributed by atoms with Crippen molar-refractivity contribution in [1.29, 1.82) is 0 Å². The number of benzene rings is 1. The molecule has 0 saturated heterocycles. The highest BCUT2D eigenvalue weighted by Crippen LogP contribution is 2.31. The molecule has 2 N–H and O–H groups in total. The van der Waals surface area contributed by atoms with Gasteiger partial charge in [0.05, 0.1) is 6.61 Å². The predicted molar refractivity (Wildman–Crippen MR) is 52.8 cm³/mol. The Morgan fingerprint density at radius 3 is 2.79 bits per heavy atom. The summed E-state index contributed by atoms with van der Waals surface area (Å²) in [5, 5.41) is 0. The minimum absolute atomic E-state index is 0.279. The Hall–Kier alpha value is -1.09. The van der Waals surface area contributed by atoms with Crippen molar-refractivity contribution in [3.05, 3.63) is 29.1 Å². The average molecular weight is 195 g/mol. The van der Waals surface area contributed by atoms with Crippen LogP contribution in [-0.2, 0) is 12.0 Å². The second-order valence-corrected chi connectivity index (χ2v) is 4.26. The molecule has 0 saturated carbocycles. The lowest BCUT2D eigenvalue weighted by molar-refractivity contribution is 0.354. The molecule has 76 valence electrons. The lowest BCUT2D eigenvalue weighted by Crippen LogP contribution is -2.30. The molecule has 1 aliphatic heterocycles. The number of rotatable bonds is 1. The van der Waals surface area contributed by atoms with Crippen molar-refractivity contribution in [2.24, 2.45) is 5.73 Å². The van der Waals surface area contributed by atoms with Crippen molar-refractivity contribution < 1.29 is 9.13 Å². The smallest absolute Gasteiger partial charge is 0.131 e. The average Bonchev–Trinajstić information content (AvgIpc) is 2.47. The van der Waals surface area contributed by atoms with Crippen molar-refractivity contribution in [2.45, 2.75) is 25.8 Å². The van der Waals surface area contributed by atoms with Gasteiger partial charge in [-0.15, -0.1) is 0 Å². The quantitative estimate of drug-likeness (QED) is 0.743. The van der Waals surface area contributed by atoms with Gasteiger partial charge in [0.1, 0.15) is 11.6 Å². The minimum atomic E-state index is -0.637. The summed E-state index contributed by atoms with van der Waals surface area (Å²) >= 11 is 0. The summed E-state index contributed by atoms with van der Waals surface area (Å²) in [6.07, 6.45) is 0.846. The van der Waals surface area contributed by atoms with E-state index in [-0.39, 0.29) is 5.82 Å². The minimum Gasteiger partial charge on any atom is -0.493 e. The molecule has 14 heavy (non-hydrogen) atoms. The number of halogens is 1. The Balaban J connectivity index is 2.53. The summed E-state index contributed by atoms with van der Waals surface area (Å²) < 4.78 is 18.8. The maximum Gasteiger partial charge on any atom is 0.131 e. The van der Waals surface area contributed by atoms with E-state index in [1.807, 2.05) is 6.07 Å². The Kier molecular flexibility index (Phi) is 2.00. The standard InChI is InChI=1S/C11H14FNO/c1-11(2,13)8-5-7-3-4-14-10(7)6-9(8)12/h5-6H,3-4,13H2,1-2H3. The van der Waals surface area contributed by atoms with Gasteiger partial charge in [-0.1, -0.05) is 0 Å². The van der Waals surface area contributed by atoms with Crippen LogP contribution in [-0.4, -0.2) is 6.61 Å². The summed E-state index contributed by atoms with van der Waals surface area (Å²) in [6.45, 7) is 4.24. The molecule has 1 heterocycles. The van der Waals surface area contributed by atoms with Gasteiger partial charge in [0.15, 0.2) is 0 Å². The molecule has 0 radical (unpaired) electrons. The van der Waals surface area contributed by atoms with Crippen molar-refractivity contribution >= 4 is 0 Å². The van der Waals surface area contributed by atoms with Crippen LogP contribution in [0, 0.1) is 5.82 Å². The third-order valence-electron chi connectivity index (χ3n) is 2.47. The van der Waals surface area contributed by atoms with Crippen LogP contribution < -0.4 is 10.5 Å². The molecule has 0 aromatic heterocycles. The first-order valence-electron chi connectivity index (χ1n) is 4.73. The Morgan fingerprint density at radius 1 is 1.43 bits per heavy atom. The molecule has 3 heteroatoms. The van der Waals surface area contributed by atoms with E-state index in [0.29, 0.717) is 17.9 Å². The molecule has 0 bridgehead atoms. The third-order valence-corrected chi connectivity index (χ3v) is 2.47. The van der Waals surface area contributed by atoms with Crippen LogP contribution in [0.25, 0.3) is 0 Å². The zero-order chi connectivity index (χ0) is 10.3. The molecule has 0 atom stereocenters. The van der Waals surface area contributed by atoms with Gasteiger partial charge in [0.2, 0.25) is 0 Å². The molecule has 1 aliphatic rings. The lowest BCUT2D eigenvalue weighted by Gasteiger charge is -2.20. The first-order valence-corrected chi connectivity index (χ1v) is 4.73. The molecular weight excluding hydrogens is 181 g/mol. The van der Waals surface area contributed by atoms with Crippen LogP contribution in [0.5, 0.6) is 5.75 Å². The molecule has 0 aliphatic carbocycles. The van der Waals surface area contributed by atoms with Crippen molar-refractivity contribution in [2.75, 3.05) is 6.61 Å². The van der Waals surface area contributed by atoms with Gasteiger partial charge in [-0.05, 0) is 25.5 Å². The highest BCUT2D eigenvalue weighted by atomic mass is 19.1. The SMILES string of the molecule is CC(C)(N)c1cc2c(cc1F)OCC2. The van der Waals surface area contributed by atoms with Crippen LogP contribution in [0.2, 0.25) is 0 Å². The molecule has 0 fully saturated rings. The Bertz CT molecular complexity index is 368. The molecule has 1 aromatic rings. The molecule has 0 unspecified atom stereocenters. The van der Waals surface area contributed by atoms with Crippen LogP contribution in [0.3, 0.4) is 0 Å². The van der Waals surface area contributed by atoms with Crippen LogP contribution in [0.15, 0.2) is 12.1 Å². The number of hydrogen-bond donors (Lipinski definition) is 1. The number of ether oxygens (including phenoxy) is 1. The zero-order valence-corrected chi connectivity index (χ0v) is 8.43. The molecule has 0 spiro atoms. The molecule has 2 rings (SSSR count). The van der Waals surface area contributed by atoms with E-state index < -0.39 is 5.54 Å². The van der Waals surface area contributed by atoms with E-state index in [2.05, 4.69) is 0 Å².